The number of guanidine groups is 1. The molecule has 1 aliphatic rings. The van der Waals surface area contributed by atoms with Gasteiger partial charge in [0.2, 0.25) is 0 Å². The van der Waals surface area contributed by atoms with Gasteiger partial charge < -0.3 is 11.1 Å². The zero-order valence-corrected chi connectivity index (χ0v) is 12.9. The van der Waals surface area contributed by atoms with Crippen molar-refractivity contribution in [2.45, 2.75) is 25.3 Å². The Morgan fingerprint density at radius 2 is 2.00 bits per heavy atom. The second-order valence-electron chi connectivity index (χ2n) is 5.55. The lowest BCUT2D eigenvalue weighted by molar-refractivity contribution is 0.609. The van der Waals surface area contributed by atoms with Gasteiger partial charge in [-0.2, -0.15) is 0 Å². The van der Waals surface area contributed by atoms with Gasteiger partial charge in [-0.25, -0.2) is 9.38 Å². The molecule has 3 N–H and O–H groups in total. The van der Waals surface area contributed by atoms with Gasteiger partial charge in [-0.3, -0.25) is 0 Å². The fraction of sp³-hybridized carbons (Fsp3) is 0.235. The Bertz CT molecular complexity index is 692. The van der Waals surface area contributed by atoms with Gasteiger partial charge in [0.15, 0.2) is 5.96 Å². The molecule has 0 bridgehead atoms. The molecular formula is C17H17ClFN3. The summed E-state index contributed by atoms with van der Waals surface area (Å²) in [7, 11) is 0. The fourth-order valence-corrected chi connectivity index (χ4v) is 2.80. The molecule has 0 saturated heterocycles. The Morgan fingerprint density at radius 3 is 2.68 bits per heavy atom. The molecule has 3 nitrogen and oxygen atoms in total. The summed E-state index contributed by atoms with van der Waals surface area (Å²) >= 11 is 6.08. The Hall–Kier alpha value is -2.07. The van der Waals surface area contributed by atoms with Crippen molar-refractivity contribution >= 4 is 23.2 Å². The third kappa shape index (κ3) is 3.22. The zero-order valence-electron chi connectivity index (χ0n) is 12.2. The molecule has 114 valence electrons. The first kappa shape index (κ1) is 14.9. The number of halogens is 2. The smallest absolute Gasteiger partial charge is 0.193 e. The number of nitrogens with one attached hydrogen (secondary N) is 1. The zero-order chi connectivity index (χ0) is 15.7. The van der Waals surface area contributed by atoms with Crippen LogP contribution in [0.1, 0.15) is 23.5 Å². The molecule has 2 atom stereocenters. The van der Waals surface area contributed by atoms with E-state index >= 15 is 0 Å². The van der Waals surface area contributed by atoms with Crippen molar-refractivity contribution < 1.29 is 4.39 Å². The maximum atomic E-state index is 13.9. The van der Waals surface area contributed by atoms with E-state index in [9.17, 15) is 4.39 Å². The van der Waals surface area contributed by atoms with Crippen LogP contribution in [0, 0.1) is 12.7 Å². The van der Waals surface area contributed by atoms with Gasteiger partial charge in [0.25, 0.3) is 0 Å². The minimum absolute atomic E-state index is 0.00654. The van der Waals surface area contributed by atoms with Crippen LogP contribution in [0.4, 0.5) is 10.1 Å². The fourth-order valence-electron chi connectivity index (χ4n) is 2.50. The average Bonchev–Trinajstić information content (AvgIpc) is 3.20. The summed E-state index contributed by atoms with van der Waals surface area (Å²) in [4.78, 5) is 4.40. The molecule has 5 heteroatoms. The summed E-state index contributed by atoms with van der Waals surface area (Å²) in [6.45, 7) is 2.02. The molecule has 2 aromatic carbocycles. The minimum atomic E-state index is -0.278. The molecule has 22 heavy (non-hydrogen) atoms. The normalized spacial score (nSPS) is 20.8. The number of anilines is 1. The predicted molar refractivity (Wildman–Crippen MR) is 89.0 cm³/mol. The van der Waals surface area contributed by atoms with Crippen LogP contribution in [0.5, 0.6) is 0 Å². The van der Waals surface area contributed by atoms with E-state index in [1.807, 2.05) is 31.2 Å². The Balaban J connectivity index is 1.68. The Morgan fingerprint density at radius 1 is 1.27 bits per heavy atom. The molecule has 0 aromatic heterocycles. The molecular weight excluding hydrogens is 301 g/mol. The third-order valence-corrected chi connectivity index (χ3v) is 4.09. The maximum absolute atomic E-state index is 13.9. The van der Waals surface area contributed by atoms with E-state index in [1.54, 1.807) is 12.1 Å². The lowest BCUT2D eigenvalue weighted by Crippen LogP contribution is -2.23. The summed E-state index contributed by atoms with van der Waals surface area (Å²) in [6.07, 6.45) is 0.761. The number of hydrogen-bond donors (Lipinski definition) is 2. The van der Waals surface area contributed by atoms with Crippen molar-refractivity contribution in [3.05, 3.63) is 64.4 Å². The van der Waals surface area contributed by atoms with E-state index in [-0.39, 0.29) is 17.8 Å². The summed E-state index contributed by atoms with van der Waals surface area (Å²) in [5.74, 6) is 0.0659. The Kier molecular flexibility index (Phi) is 4.03. The standard InChI is InChI=1S/C17H17ClFN3/c1-10-5-7-11(8-6-10)21-17(20)22-15-9-12(15)16-13(18)3-2-4-14(16)19/h2-8,12,15H,9H2,1H3,(H3,20,21,22). The third-order valence-electron chi connectivity index (χ3n) is 3.76. The molecule has 2 unspecified atom stereocenters. The molecule has 0 radical (unpaired) electrons. The highest BCUT2D eigenvalue weighted by Crippen LogP contribution is 2.47. The van der Waals surface area contributed by atoms with Crippen molar-refractivity contribution in [2.24, 2.45) is 10.7 Å². The highest BCUT2D eigenvalue weighted by molar-refractivity contribution is 6.31. The van der Waals surface area contributed by atoms with Crippen molar-refractivity contribution in [3.8, 4) is 0 Å². The molecule has 2 aromatic rings. The van der Waals surface area contributed by atoms with Crippen LogP contribution in [0.25, 0.3) is 0 Å². The van der Waals surface area contributed by atoms with E-state index in [4.69, 9.17) is 17.3 Å². The number of benzene rings is 2. The molecule has 3 rings (SSSR count). The highest BCUT2D eigenvalue weighted by atomic mass is 35.5. The number of aliphatic imine (C=N–C) groups is 1. The summed E-state index contributed by atoms with van der Waals surface area (Å²) in [6, 6.07) is 12.6. The van der Waals surface area contributed by atoms with Crippen molar-refractivity contribution in [1.82, 2.24) is 0 Å². The van der Waals surface area contributed by atoms with Crippen molar-refractivity contribution in [2.75, 3.05) is 5.32 Å². The van der Waals surface area contributed by atoms with E-state index in [1.165, 1.54) is 11.6 Å². The number of nitrogens with two attached hydrogens (primary N) is 1. The van der Waals surface area contributed by atoms with Crippen LogP contribution < -0.4 is 11.1 Å². The van der Waals surface area contributed by atoms with E-state index in [2.05, 4.69) is 10.3 Å². The largest absolute Gasteiger partial charge is 0.370 e. The SMILES string of the molecule is Cc1ccc(NC(N)=NC2CC2c2c(F)cccc2Cl)cc1. The van der Waals surface area contributed by atoms with Crippen LogP contribution in [0.3, 0.4) is 0 Å². The first-order valence-corrected chi connectivity index (χ1v) is 7.53. The minimum Gasteiger partial charge on any atom is -0.370 e. The average molecular weight is 318 g/mol. The second kappa shape index (κ2) is 5.97. The summed E-state index contributed by atoms with van der Waals surface area (Å²) in [5.41, 5.74) is 8.52. The van der Waals surface area contributed by atoms with Crippen LogP contribution in [-0.4, -0.2) is 12.0 Å². The van der Waals surface area contributed by atoms with Crippen LogP contribution in [0.15, 0.2) is 47.5 Å². The monoisotopic (exact) mass is 317 g/mol. The molecule has 0 spiro atoms. The van der Waals surface area contributed by atoms with Gasteiger partial charge >= 0.3 is 0 Å². The van der Waals surface area contributed by atoms with Crippen LogP contribution >= 0.6 is 11.6 Å². The highest BCUT2D eigenvalue weighted by Gasteiger charge is 2.41. The maximum Gasteiger partial charge on any atom is 0.193 e. The number of nitrogens with zero attached hydrogens (tertiary/aromatic N) is 1. The first-order chi connectivity index (χ1) is 10.5. The lowest BCUT2D eigenvalue weighted by Gasteiger charge is -2.06. The molecule has 0 heterocycles. The van der Waals surface area contributed by atoms with Gasteiger partial charge in [-0.05, 0) is 37.6 Å². The van der Waals surface area contributed by atoms with E-state index < -0.39 is 0 Å². The molecule has 1 aliphatic carbocycles. The number of aryl methyl sites for hydroxylation is 1. The van der Waals surface area contributed by atoms with Gasteiger partial charge in [0, 0.05) is 22.2 Å². The predicted octanol–water partition coefficient (Wildman–Crippen LogP) is 4.07. The molecule has 1 saturated carbocycles. The number of rotatable bonds is 3. The molecule has 0 aliphatic heterocycles. The summed E-state index contributed by atoms with van der Waals surface area (Å²) < 4.78 is 13.9. The van der Waals surface area contributed by atoms with Crippen LogP contribution in [-0.2, 0) is 0 Å². The second-order valence-corrected chi connectivity index (χ2v) is 5.96. The summed E-state index contributed by atoms with van der Waals surface area (Å²) in [5, 5.41) is 3.49. The van der Waals surface area contributed by atoms with E-state index in [0.29, 0.717) is 16.5 Å². The van der Waals surface area contributed by atoms with Gasteiger partial charge in [0.1, 0.15) is 5.82 Å². The van der Waals surface area contributed by atoms with Crippen molar-refractivity contribution in [1.29, 1.82) is 0 Å². The van der Waals surface area contributed by atoms with Crippen LogP contribution in [0.2, 0.25) is 5.02 Å². The lowest BCUT2D eigenvalue weighted by atomic mass is 10.1. The number of hydrogen-bond acceptors (Lipinski definition) is 1. The van der Waals surface area contributed by atoms with Gasteiger partial charge in [-0.15, -0.1) is 0 Å². The topological polar surface area (TPSA) is 50.4 Å². The molecule has 0 amide bonds. The van der Waals surface area contributed by atoms with Crippen molar-refractivity contribution in [3.63, 3.8) is 0 Å². The first-order valence-electron chi connectivity index (χ1n) is 7.15. The Labute approximate surface area is 134 Å². The quantitative estimate of drug-likeness (QED) is 0.662. The molecule has 1 fully saturated rings. The van der Waals surface area contributed by atoms with Gasteiger partial charge in [-0.1, -0.05) is 35.4 Å². The van der Waals surface area contributed by atoms with Gasteiger partial charge in [0.05, 0.1) is 6.04 Å². The van der Waals surface area contributed by atoms with E-state index in [0.717, 1.165) is 12.1 Å².